The van der Waals surface area contributed by atoms with Gasteiger partial charge in [-0.15, -0.1) is 0 Å². The van der Waals surface area contributed by atoms with Crippen LogP contribution in [0.5, 0.6) is 0 Å². The molecule has 0 spiro atoms. The van der Waals surface area contributed by atoms with Gasteiger partial charge in [0.25, 0.3) is 5.91 Å². The number of urea groups is 1. The van der Waals surface area contributed by atoms with Crippen molar-refractivity contribution in [2.75, 3.05) is 19.6 Å². The molecule has 0 radical (unpaired) electrons. The van der Waals surface area contributed by atoms with Crippen LogP contribution in [0.3, 0.4) is 0 Å². The molecule has 1 saturated heterocycles. The Morgan fingerprint density at radius 1 is 1.18 bits per heavy atom. The number of aromatic nitrogens is 1. The van der Waals surface area contributed by atoms with E-state index in [-0.39, 0.29) is 18.0 Å². The minimum absolute atomic E-state index is 0.0754. The van der Waals surface area contributed by atoms with Crippen molar-refractivity contribution in [2.24, 2.45) is 0 Å². The summed E-state index contributed by atoms with van der Waals surface area (Å²) < 4.78 is 5.32. The molecule has 2 aliphatic heterocycles. The van der Waals surface area contributed by atoms with Crippen LogP contribution in [0.2, 0.25) is 0 Å². The van der Waals surface area contributed by atoms with Gasteiger partial charge in [0.2, 0.25) is 0 Å². The Morgan fingerprint density at radius 2 is 1.91 bits per heavy atom. The lowest BCUT2D eigenvalue weighted by atomic mass is 10.1. The Bertz CT molecular complexity index is 575. The van der Waals surface area contributed by atoms with Crippen molar-refractivity contribution < 1.29 is 14.1 Å². The molecule has 1 aromatic heterocycles. The summed E-state index contributed by atoms with van der Waals surface area (Å²) in [5.74, 6) is 0.657. The highest BCUT2D eigenvalue weighted by atomic mass is 16.5. The number of nitrogens with zero attached hydrogens (tertiary/aromatic N) is 3. The second kappa shape index (κ2) is 5.98. The highest BCUT2D eigenvalue weighted by Crippen LogP contribution is 2.24. The normalized spacial score (nSPS) is 17.8. The van der Waals surface area contributed by atoms with E-state index in [0.29, 0.717) is 25.2 Å². The highest BCUT2D eigenvalue weighted by molar-refractivity contribution is 5.94. The number of fused-ring (bicyclic) bond motifs is 1. The summed E-state index contributed by atoms with van der Waals surface area (Å²) in [5.41, 5.74) is 1.14. The number of carbonyl (C=O) groups is 2. The molecule has 1 N–H and O–H groups in total. The molecule has 0 unspecified atom stereocenters. The van der Waals surface area contributed by atoms with E-state index < -0.39 is 0 Å². The maximum atomic E-state index is 12.5. The van der Waals surface area contributed by atoms with Crippen LogP contribution >= 0.6 is 0 Å². The van der Waals surface area contributed by atoms with Gasteiger partial charge in [-0.1, -0.05) is 5.16 Å². The van der Waals surface area contributed by atoms with Crippen LogP contribution in [-0.2, 0) is 13.0 Å². The van der Waals surface area contributed by atoms with Gasteiger partial charge in [-0.3, -0.25) is 4.79 Å². The lowest BCUT2D eigenvalue weighted by Gasteiger charge is -2.27. The maximum Gasteiger partial charge on any atom is 0.317 e. The Morgan fingerprint density at radius 3 is 2.59 bits per heavy atom. The zero-order valence-corrected chi connectivity index (χ0v) is 13.1. The van der Waals surface area contributed by atoms with E-state index in [0.717, 1.165) is 37.3 Å². The molecule has 0 saturated carbocycles. The largest absolute Gasteiger partial charge is 0.360 e. The standard InChI is InChI=1S/C15H22N4O3/c1-10(2)16-15(21)19-8-5-12-11(9-19)13(17-22-12)14(20)18-6-3-4-7-18/h10H,3-9H2,1-2H3,(H,16,21). The number of nitrogens with one attached hydrogen (secondary N) is 1. The Labute approximate surface area is 129 Å². The second-order valence-corrected chi connectivity index (χ2v) is 6.21. The lowest BCUT2D eigenvalue weighted by Crippen LogP contribution is -2.45. The molecule has 1 aromatic rings. The molecular formula is C15H22N4O3. The predicted molar refractivity (Wildman–Crippen MR) is 79.4 cm³/mol. The van der Waals surface area contributed by atoms with Crippen LogP contribution in [0.4, 0.5) is 4.79 Å². The molecular weight excluding hydrogens is 284 g/mol. The van der Waals surface area contributed by atoms with Crippen molar-refractivity contribution in [3.05, 3.63) is 17.0 Å². The average Bonchev–Trinajstić information content (AvgIpc) is 3.15. The van der Waals surface area contributed by atoms with Crippen molar-refractivity contribution >= 4 is 11.9 Å². The molecule has 0 bridgehead atoms. The molecule has 1 fully saturated rings. The number of carbonyl (C=O) groups excluding carboxylic acids is 2. The fourth-order valence-electron chi connectivity index (χ4n) is 2.96. The first-order chi connectivity index (χ1) is 10.6. The Kier molecular flexibility index (Phi) is 4.04. The monoisotopic (exact) mass is 306 g/mol. The molecule has 7 nitrogen and oxygen atoms in total. The van der Waals surface area contributed by atoms with E-state index in [2.05, 4.69) is 10.5 Å². The number of rotatable bonds is 2. The van der Waals surface area contributed by atoms with Crippen LogP contribution in [0.15, 0.2) is 4.52 Å². The van der Waals surface area contributed by atoms with Gasteiger partial charge < -0.3 is 19.6 Å². The summed E-state index contributed by atoms with van der Waals surface area (Å²) in [4.78, 5) is 28.2. The van der Waals surface area contributed by atoms with Crippen molar-refractivity contribution in [1.29, 1.82) is 0 Å². The van der Waals surface area contributed by atoms with Crippen LogP contribution in [0, 0.1) is 0 Å². The third-order valence-corrected chi connectivity index (χ3v) is 4.12. The number of hydrogen-bond donors (Lipinski definition) is 1. The van der Waals surface area contributed by atoms with Crippen LogP contribution in [0.1, 0.15) is 48.5 Å². The van der Waals surface area contributed by atoms with Crippen LogP contribution in [-0.4, -0.2) is 52.6 Å². The van der Waals surface area contributed by atoms with Gasteiger partial charge in [0, 0.05) is 37.7 Å². The van der Waals surface area contributed by atoms with Gasteiger partial charge in [0.05, 0.1) is 6.54 Å². The molecule has 2 aliphatic rings. The van der Waals surface area contributed by atoms with E-state index in [1.807, 2.05) is 18.7 Å². The maximum absolute atomic E-state index is 12.5. The molecule has 0 aromatic carbocycles. The third-order valence-electron chi connectivity index (χ3n) is 4.12. The lowest BCUT2D eigenvalue weighted by molar-refractivity contribution is 0.0780. The zero-order chi connectivity index (χ0) is 15.7. The van der Waals surface area contributed by atoms with Gasteiger partial charge in [0.1, 0.15) is 5.76 Å². The number of likely N-dealkylation sites (tertiary alicyclic amines) is 1. The van der Waals surface area contributed by atoms with Crippen molar-refractivity contribution in [1.82, 2.24) is 20.3 Å². The highest BCUT2D eigenvalue weighted by Gasteiger charge is 2.32. The summed E-state index contributed by atoms with van der Waals surface area (Å²) in [6.45, 7) is 6.37. The van der Waals surface area contributed by atoms with Crippen LogP contribution in [0.25, 0.3) is 0 Å². The van der Waals surface area contributed by atoms with Crippen LogP contribution < -0.4 is 5.32 Å². The van der Waals surface area contributed by atoms with E-state index in [9.17, 15) is 9.59 Å². The average molecular weight is 306 g/mol. The zero-order valence-electron chi connectivity index (χ0n) is 13.1. The smallest absolute Gasteiger partial charge is 0.317 e. The SMILES string of the molecule is CC(C)NC(=O)N1CCc2onc(C(=O)N3CCCC3)c2C1. The van der Waals surface area contributed by atoms with Gasteiger partial charge in [-0.05, 0) is 26.7 Å². The minimum atomic E-state index is -0.110. The van der Waals surface area contributed by atoms with Gasteiger partial charge in [-0.2, -0.15) is 0 Å². The summed E-state index contributed by atoms with van der Waals surface area (Å²) >= 11 is 0. The fraction of sp³-hybridized carbons (Fsp3) is 0.667. The van der Waals surface area contributed by atoms with E-state index in [4.69, 9.17) is 4.52 Å². The van der Waals surface area contributed by atoms with E-state index in [1.165, 1.54) is 0 Å². The van der Waals surface area contributed by atoms with Crippen molar-refractivity contribution in [2.45, 2.75) is 45.7 Å². The molecule has 22 heavy (non-hydrogen) atoms. The summed E-state index contributed by atoms with van der Waals surface area (Å²) in [6, 6.07) is -0.0245. The van der Waals surface area contributed by atoms with Gasteiger partial charge in [0.15, 0.2) is 5.69 Å². The molecule has 0 atom stereocenters. The summed E-state index contributed by atoms with van der Waals surface area (Å²) in [7, 11) is 0. The van der Waals surface area contributed by atoms with E-state index in [1.54, 1.807) is 4.90 Å². The third kappa shape index (κ3) is 2.80. The Hall–Kier alpha value is -2.05. The van der Waals surface area contributed by atoms with Gasteiger partial charge in [-0.25, -0.2) is 4.79 Å². The Balaban J connectivity index is 1.76. The van der Waals surface area contributed by atoms with Crippen molar-refractivity contribution in [3.8, 4) is 0 Å². The molecule has 3 heterocycles. The summed E-state index contributed by atoms with van der Waals surface area (Å²) in [5, 5.41) is 6.85. The first-order valence-corrected chi connectivity index (χ1v) is 7.88. The quantitative estimate of drug-likeness (QED) is 0.895. The number of amides is 3. The number of hydrogen-bond acceptors (Lipinski definition) is 4. The first kappa shape index (κ1) is 14.9. The molecule has 3 rings (SSSR count). The van der Waals surface area contributed by atoms with Crippen molar-refractivity contribution in [3.63, 3.8) is 0 Å². The van der Waals surface area contributed by atoms with Gasteiger partial charge >= 0.3 is 6.03 Å². The predicted octanol–water partition coefficient (Wildman–Crippen LogP) is 1.39. The molecule has 7 heteroatoms. The summed E-state index contributed by atoms with van der Waals surface area (Å²) in [6.07, 6.45) is 2.67. The van der Waals surface area contributed by atoms with E-state index >= 15 is 0 Å². The second-order valence-electron chi connectivity index (χ2n) is 6.21. The minimum Gasteiger partial charge on any atom is -0.360 e. The molecule has 0 aliphatic carbocycles. The first-order valence-electron chi connectivity index (χ1n) is 7.88. The molecule has 3 amide bonds. The fourth-order valence-corrected chi connectivity index (χ4v) is 2.96. The molecule has 120 valence electrons. The topological polar surface area (TPSA) is 78.7 Å².